The van der Waals surface area contributed by atoms with Gasteiger partial charge in [-0.3, -0.25) is 4.79 Å². The SMILES string of the molecule is Cc1csc(CC(=O)c2cc(-c3ccnnc3)cn3ncnc23)n1. The van der Waals surface area contributed by atoms with Crippen molar-refractivity contribution in [3.63, 3.8) is 0 Å². The number of carbonyl (C=O) groups excluding carboxylic acids is 1. The van der Waals surface area contributed by atoms with E-state index in [0.29, 0.717) is 11.2 Å². The third-order valence-corrected chi connectivity index (χ3v) is 4.54. The fourth-order valence-electron chi connectivity index (χ4n) is 2.47. The Kier molecular flexibility index (Phi) is 3.58. The molecule has 0 aliphatic carbocycles. The van der Waals surface area contributed by atoms with Gasteiger partial charge in [-0.1, -0.05) is 0 Å². The minimum Gasteiger partial charge on any atom is -0.294 e. The zero-order valence-corrected chi connectivity index (χ0v) is 13.6. The number of nitrogens with zero attached hydrogens (tertiary/aromatic N) is 6. The second-order valence-electron chi connectivity index (χ2n) is 5.28. The van der Waals surface area contributed by atoms with E-state index in [2.05, 4.69) is 25.3 Å². The number of fused-ring (bicyclic) bond motifs is 1. The van der Waals surface area contributed by atoms with Crippen molar-refractivity contribution >= 4 is 22.8 Å². The number of hydrogen-bond donors (Lipinski definition) is 0. The van der Waals surface area contributed by atoms with Crippen LogP contribution in [0.25, 0.3) is 16.8 Å². The van der Waals surface area contributed by atoms with Crippen molar-refractivity contribution in [1.29, 1.82) is 0 Å². The molecule has 0 atom stereocenters. The molecule has 0 bridgehead atoms. The van der Waals surface area contributed by atoms with E-state index in [0.717, 1.165) is 21.8 Å². The summed E-state index contributed by atoms with van der Waals surface area (Å²) in [5.74, 6) is -0.0359. The highest BCUT2D eigenvalue weighted by Crippen LogP contribution is 2.23. The lowest BCUT2D eigenvalue weighted by atomic mass is 10.0. The van der Waals surface area contributed by atoms with Crippen LogP contribution in [0.4, 0.5) is 0 Å². The fraction of sp³-hybridized carbons (Fsp3) is 0.125. The molecule has 7 nitrogen and oxygen atoms in total. The molecule has 0 unspecified atom stereocenters. The van der Waals surface area contributed by atoms with Crippen LogP contribution < -0.4 is 0 Å². The van der Waals surface area contributed by atoms with E-state index in [-0.39, 0.29) is 12.2 Å². The largest absolute Gasteiger partial charge is 0.294 e. The van der Waals surface area contributed by atoms with Crippen LogP contribution in [-0.2, 0) is 6.42 Å². The van der Waals surface area contributed by atoms with Gasteiger partial charge in [-0.2, -0.15) is 15.3 Å². The summed E-state index contributed by atoms with van der Waals surface area (Å²) >= 11 is 1.49. The van der Waals surface area contributed by atoms with Crippen LogP contribution >= 0.6 is 11.3 Å². The summed E-state index contributed by atoms with van der Waals surface area (Å²) in [7, 11) is 0. The van der Waals surface area contributed by atoms with Gasteiger partial charge in [0.1, 0.15) is 11.3 Å². The van der Waals surface area contributed by atoms with Crippen LogP contribution in [0.15, 0.2) is 42.4 Å². The van der Waals surface area contributed by atoms with Crippen LogP contribution in [-0.4, -0.2) is 35.6 Å². The zero-order chi connectivity index (χ0) is 16.5. The van der Waals surface area contributed by atoms with Gasteiger partial charge in [-0.05, 0) is 19.1 Å². The minimum absolute atomic E-state index is 0.0359. The van der Waals surface area contributed by atoms with Crippen LogP contribution in [0, 0.1) is 6.92 Å². The Morgan fingerprint density at radius 2 is 2.21 bits per heavy atom. The van der Waals surface area contributed by atoms with Crippen molar-refractivity contribution in [2.45, 2.75) is 13.3 Å². The lowest BCUT2D eigenvalue weighted by Gasteiger charge is -2.06. The van der Waals surface area contributed by atoms with E-state index in [1.807, 2.05) is 30.6 Å². The van der Waals surface area contributed by atoms with Gasteiger partial charge in [0.25, 0.3) is 0 Å². The number of pyridine rings is 1. The van der Waals surface area contributed by atoms with Gasteiger partial charge in [0.2, 0.25) is 0 Å². The first-order valence-electron chi connectivity index (χ1n) is 7.25. The normalized spacial score (nSPS) is 11.0. The van der Waals surface area contributed by atoms with Gasteiger partial charge in [0, 0.05) is 28.4 Å². The van der Waals surface area contributed by atoms with Crippen LogP contribution in [0.1, 0.15) is 21.1 Å². The second kappa shape index (κ2) is 5.89. The molecule has 4 aromatic heterocycles. The summed E-state index contributed by atoms with van der Waals surface area (Å²) in [4.78, 5) is 21.3. The fourth-order valence-corrected chi connectivity index (χ4v) is 3.24. The molecule has 24 heavy (non-hydrogen) atoms. The Morgan fingerprint density at radius 1 is 1.29 bits per heavy atom. The van der Waals surface area contributed by atoms with Crippen molar-refractivity contribution in [3.8, 4) is 11.1 Å². The number of ketones is 1. The van der Waals surface area contributed by atoms with Crippen molar-refractivity contribution in [3.05, 3.63) is 58.7 Å². The smallest absolute Gasteiger partial charge is 0.173 e. The molecule has 0 aromatic carbocycles. The number of Topliss-reactive ketones (excluding diaryl/α,β-unsaturated/α-hetero) is 1. The van der Waals surface area contributed by atoms with E-state index in [1.165, 1.54) is 17.7 Å². The Labute approximate surface area is 141 Å². The molecular formula is C16H12N6OS. The number of hydrogen-bond acceptors (Lipinski definition) is 7. The molecule has 0 N–H and O–H groups in total. The van der Waals surface area contributed by atoms with Gasteiger partial charge in [0.05, 0.1) is 24.4 Å². The highest BCUT2D eigenvalue weighted by Gasteiger charge is 2.17. The first kappa shape index (κ1) is 14.6. The summed E-state index contributed by atoms with van der Waals surface area (Å²) < 4.78 is 1.61. The summed E-state index contributed by atoms with van der Waals surface area (Å²) in [6, 6.07) is 3.66. The molecule has 0 aliphatic heterocycles. The Bertz CT molecular complexity index is 1020. The van der Waals surface area contributed by atoms with E-state index < -0.39 is 0 Å². The number of carbonyl (C=O) groups is 1. The monoisotopic (exact) mass is 336 g/mol. The second-order valence-corrected chi connectivity index (χ2v) is 6.23. The molecule has 0 saturated heterocycles. The topological polar surface area (TPSA) is 85.9 Å². The van der Waals surface area contributed by atoms with Crippen molar-refractivity contribution in [1.82, 2.24) is 29.8 Å². The molecule has 0 amide bonds. The highest BCUT2D eigenvalue weighted by atomic mass is 32.1. The van der Waals surface area contributed by atoms with Crippen molar-refractivity contribution in [2.24, 2.45) is 0 Å². The molecule has 8 heteroatoms. The average Bonchev–Trinajstić information content (AvgIpc) is 3.23. The summed E-state index contributed by atoms with van der Waals surface area (Å²) in [6.45, 7) is 1.91. The Balaban J connectivity index is 1.78. The highest BCUT2D eigenvalue weighted by molar-refractivity contribution is 7.09. The number of rotatable bonds is 4. The molecule has 4 aromatic rings. The lowest BCUT2D eigenvalue weighted by molar-refractivity contribution is 0.0994. The summed E-state index contributed by atoms with van der Waals surface area (Å²) in [6.07, 6.45) is 6.77. The Morgan fingerprint density at radius 3 is 2.96 bits per heavy atom. The molecular weight excluding hydrogens is 324 g/mol. The maximum atomic E-state index is 12.8. The van der Waals surface area contributed by atoms with E-state index >= 15 is 0 Å². The quantitative estimate of drug-likeness (QED) is 0.532. The third-order valence-electron chi connectivity index (χ3n) is 3.57. The summed E-state index contributed by atoms with van der Waals surface area (Å²) in [5.41, 5.74) is 3.68. The molecule has 0 saturated carbocycles. The molecule has 0 fully saturated rings. The van der Waals surface area contributed by atoms with E-state index in [9.17, 15) is 4.79 Å². The maximum Gasteiger partial charge on any atom is 0.173 e. The van der Waals surface area contributed by atoms with Crippen LogP contribution in [0.2, 0.25) is 0 Å². The number of thiazole rings is 1. The predicted octanol–water partition coefficient (Wildman–Crippen LogP) is 2.38. The zero-order valence-electron chi connectivity index (χ0n) is 12.7. The molecule has 4 heterocycles. The third kappa shape index (κ3) is 2.67. The van der Waals surface area contributed by atoms with Crippen LogP contribution in [0.3, 0.4) is 0 Å². The molecule has 118 valence electrons. The Hall–Kier alpha value is -3.00. The number of aryl methyl sites for hydroxylation is 1. The molecule has 0 radical (unpaired) electrons. The van der Waals surface area contributed by atoms with Gasteiger partial charge in [-0.25, -0.2) is 14.5 Å². The predicted molar refractivity (Wildman–Crippen MR) is 88.9 cm³/mol. The summed E-state index contributed by atoms with van der Waals surface area (Å²) in [5, 5.41) is 14.6. The van der Waals surface area contributed by atoms with E-state index in [1.54, 1.807) is 16.9 Å². The van der Waals surface area contributed by atoms with Gasteiger partial charge >= 0.3 is 0 Å². The standard InChI is InChI=1S/C16H12N6OS/c1-10-8-24-15(21-10)5-14(23)13-4-12(11-2-3-18-19-6-11)7-22-16(13)17-9-20-22/h2-4,6-9H,5H2,1H3. The van der Waals surface area contributed by atoms with Crippen molar-refractivity contribution < 1.29 is 4.79 Å². The van der Waals surface area contributed by atoms with Crippen molar-refractivity contribution in [2.75, 3.05) is 0 Å². The minimum atomic E-state index is -0.0359. The molecule has 4 rings (SSSR count). The molecule has 0 aliphatic rings. The molecule has 0 spiro atoms. The average molecular weight is 336 g/mol. The first-order valence-corrected chi connectivity index (χ1v) is 8.13. The van der Waals surface area contributed by atoms with Gasteiger partial charge < -0.3 is 0 Å². The van der Waals surface area contributed by atoms with E-state index in [4.69, 9.17) is 0 Å². The number of aromatic nitrogens is 6. The maximum absolute atomic E-state index is 12.8. The van der Waals surface area contributed by atoms with Gasteiger partial charge in [-0.15, -0.1) is 11.3 Å². The first-order chi connectivity index (χ1) is 11.7. The van der Waals surface area contributed by atoms with Gasteiger partial charge in [0.15, 0.2) is 11.4 Å². The van der Waals surface area contributed by atoms with Crippen LogP contribution in [0.5, 0.6) is 0 Å². The lowest BCUT2D eigenvalue weighted by Crippen LogP contribution is -2.07.